The molecule has 2 aromatic carbocycles. The first-order chi connectivity index (χ1) is 18.6. The maximum Gasteiger partial charge on any atom is 0.356 e. The predicted molar refractivity (Wildman–Crippen MR) is 136 cm³/mol. The Morgan fingerprint density at radius 1 is 1.00 bits per heavy atom. The number of hydrogen-bond acceptors (Lipinski definition) is 11. The lowest BCUT2D eigenvalue weighted by atomic mass is 9.83. The monoisotopic (exact) mass is 557 g/mol. The fraction of sp³-hybridized carbons (Fsp3) is 0.320. The lowest BCUT2D eigenvalue weighted by Crippen LogP contribution is -2.61. The van der Waals surface area contributed by atoms with Crippen molar-refractivity contribution in [3.63, 3.8) is 0 Å². The first kappa shape index (κ1) is 27.7. The number of esters is 2. The largest absolute Gasteiger partial charge is 0.460 e. The Morgan fingerprint density at radius 2 is 1.51 bits per heavy atom. The summed E-state index contributed by atoms with van der Waals surface area (Å²) in [5.74, 6) is -2.68. The quantitative estimate of drug-likeness (QED) is 0.186. The SMILES string of the molecule is C[C@H](O)[C@H]1C(=O)N2C(C(=O)OCc3ccc([N+](=O)[O-])cc3)=C(SCC(=O)OCc3ccc([N+](=O)[O-])cc3)C[C@H]12. The Morgan fingerprint density at radius 3 is 2.00 bits per heavy atom. The van der Waals surface area contributed by atoms with Gasteiger partial charge in [-0.1, -0.05) is 0 Å². The summed E-state index contributed by atoms with van der Waals surface area (Å²) in [7, 11) is 0. The maximum absolute atomic E-state index is 13.0. The number of hydrogen-bond donors (Lipinski definition) is 1. The van der Waals surface area contributed by atoms with Crippen LogP contribution in [0.2, 0.25) is 0 Å². The van der Waals surface area contributed by atoms with Crippen molar-refractivity contribution in [2.75, 3.05) is 5.75 Å². The van der Waals surface area contributed by atoms with Crippen molar-refractivity contribution in [2.45, 2.75) is 38.7 Å². The van der Waals surface area contributed by atoms with E-state index < -0.39 is 45.8 Å². The van der Waals surface area contributed by atoms with Gasteiger partial charge in [-0.2, -0.15) is 0 Å². The molecular formula is C25H23N3O10S. The van der Waals surface area contributed by atoms with E-state index in [4.69, 9.17) is 9.47 Å². The molecule has 1 amide bonds. The second kappa shape index (κ2) is 11.6. The molecule has 39 heavy (non-hydrogen) atoms. The van der Waals surface area contributed by atoms with Crippen molar-refractivity contribution in [1.29, 1.82) is 0 Å². The van der Waals surface area contributed by atoms with Crippen LogP contribution >= 0.6 is 11.8 Å². The normalized spacial score (nSPS) is 18.7. The van der Waals surface area contributed by atoms with Crippen molar-refractivity contribution in [1.82, 2.24) is 4.90 Å². The number of non-ortho nitro benzene ring substituents is 2. The Hall–Kier alpha value is -4.30. The number of aliphatic hydroxyl groups excluding tert-OH is 1. The van der Waals surface area contributed by atoms with Gasteiger partial charge in [0.2, 0.25) is 5.91 Å². The Balaban J connectivity index is 1.40. The van der Waals surface area contributed by atoms with E-state index in [9.17, 15) is 39.7 Å². The number of carbonyl (C=O) groups excluding carboxylic acids is 3. The number of β-lactam (4-membered cyclic amide) rings is 1. The fourth-order valence-electron chi connectivity index (χ4n) is 4.35. The highest BCUT2D eigenvalue weighted by Gasteiger charge is 2.57. The van der Waals surface area contributed by atoms with E-state index in [1.54, 1.807) is 0 Å². The smallest absolute Gasteiger partial charge is 0.356 e. The first-order valence-corrected chi connectivity index (χ1v) is 12.7. The molecule has 2 aromatic rings. The van der Waals surface area contributed by atoms with Crippen LogP contribution in [-0.4, -0.2) is 55.6 Å². The predicted octanol–water partition coefficient (Wildman–Crippen LogP) is 2.85. The van der Waals surface area contributed by atoms with Gasteiger partial charge >= 0.3 is 11.9 Å². The fourth-order valence-corrected chi connectivity index (χ4v) is 5.33. The highest BCUT2D eigenvalue weighted by Crippen LogP contribution is 2.47. The van der Waals surface area contributed by atoms with Gasteiger partial charge < -0.3 is 19.5 Å². The van der Waals surface area contributed by atoms with E-state index in [2.05, 4.69) is 0 Å². The van der Waals surface area contributed by atoms with Crippen LogP contribution in [0.4, 0.5) is 11.4 Å². The molecule has 0 radical (unpaired) electrons. The van der Waals surface area contributed by atoms with E-state index in [-0.39, 0.29) is 42.5 Å². The summed E-state index contributed by atoms with van der Waals surface area (Å²) in [6.07, 6.45) is -0.670. The summed E-state index contributed by atoms with van der Waals surface area (Å²) in [5.41, 5.74) is 0.864. The molecule has 0 bridgehead atoms. The molecule has 0 aromatic heterocycles. The topological polar surface area (TPSA) is 179 Å². The molecule has 0 aliphatic carbocycles. The van der Waals surface area contributed by atoms with Crippen LogP contribution in [0.3, 0.4) is 0 Å². The molecular weight excluding hydrogens is 534 g/mol. The molecule has 0 unspecified atom stereocenters. The van der Waals surface area contributed by atoms with E-state index in [0.29, 0.717) is 16.0 Å². The van der Waals surface area contributed by atoms with Gasteiger partial charge in [-0.25, -0.2) is 4.79 Å². The summed E-state index contributed by atoms with van der Waals surface area (Å²) in [5, 5.41) is 31.6. The molecule has 1 saturated heterocycles. The zero-order valence-electron chi connectivity index (χ0n) is 20.6. The van der Waals surface area contributed by atoms with Crippen molar-refractivity contribution in [3.05, 3.63) is 90.5 Å². The van der Waals surface area contributed by atoms with Gasteiger partial charge in [-0.15, -0.1) is 11.8 Å². The molecule has 4 rings (SSSR count). The average molecular weight is 558 g/mol. The van der Waals surface area contributed by atoms with E-state index in [1.165, 1.54) is 60.4 Å². The number of thioether (sulfide) groups is 1. The molecule has 0 saturated carbocycles. The van der Waals surface area contributed by atoms with Gasteiger partial charge in [0.1, 0.15) is 18.9 Å². The third kappa shape index (κ3) is 6.07. The molecule has 3 atom stereocenters. The lowest BCUT2D eigenvalue weighted by molar-refractivity contribution is -0.385. The van der Waals surface area contributed by atoms with E-state index in [1.807, 2.05) is 0 Å². The molecule has 2 aliphatic heterocycles. The third-order valence-electron chi connectivity index (χ3n) is 6.31. The number of aliphatic hydroxyl groups is 1. The van der Waals surface area contributed by atoms with Gasteiger partial charge in [-0.3, -0.25) is 29.8 Å². The van der Waals surface area contributed by atoms with Gasteiger partial charge in [0.15, 0.2) is 0 Å². The molecule has 0 spiro atoms. The molecule has 14 heteroatoms. The number of nitro benzene ring substituents is 2. The van der Waals surface area contributed by atoms with Crippen LogP contribution in [0, 0.1) is 26.1 Å². The summed E-state index contributed by atoms with van der Waals surface area (Å²) in [6.45, 7) is 1.20. The number of benzene rings is 2. The van der Waals surface area contributed by atoms with E-state index >= 15 is 0 Å². The number of rotatable bonds is 11. The van der Waals surface area contributed by atoms with Crippen molar-refractivity contribution in [3.8, 4) is 0 Å². The van der Waals surface area contributed by atoms with Crippen LogP contribution in [0.15, 0.2) is 59.1 Å². The number of amides is 1. The number of ether oxygens (including phenoxy) is 2. The van der Waals surface area contributed by atoms with Gasteiger partial charge in [0, 0.05) is 35.6 Å². The standard InChI is InChI=1S/C25H23N3O10S/c1-14(29)22-19-10-20(39-13-21(30)37-11-15-2-6-17(7-3-15)27(33)34)23(26(19)24(22)31)25(32)38-12-16-4-8-18(9-5-16)28(35)36/h2-9,14,19,22,29H,10-13H2,1H3/t14-,19+,22+/m0/s1. The summed E-state index contributed by atoms with van der Waals surface area (Å²) >= 11 is 1.02. The molecule has 2 heterocycles. The van der Waals surface area contributed by atoms with Crippen molar-refractivity contribution >= 4 is 41.0 Å². The maximum atomic E-state index is 13.0. The van der Waals surface area contributed by atoms with Gasteiger partial charge in [-0.05, 0) is 42.3 Å². The van der Waals surface area contributed by atoms with Crippen LogP contribution < -0.4 is 0 Å². The second-order valence-electron chi connectivity index (χ2n) is 8.89. The number of carbonyl (C=O) groups is 3. The Kier molecular flexibility index (Phi) is 8.26. The van der Waals surface area contributed by atoms with Crippen LogP contribution in [-0.2, 0) is 37.1 Å². The highest BCUT2D eigenvalue weighted by atomic mass is 32.2. The average Bonchev–Trinajstić information content (AvgIpc) is 3.23. The minimum absolute atomic E-state index is 0.00280. The van der Waals surface area contributed by atoms with Gasteiger partial charge in [0.05, 0.1) is 33.7 Å². The molecule has 2 aliphatic rings. The second-order valence-corrected chi connectivity index (χ2v) is 9.96. The molecule has 1 fully saturated rings. The van der Waals surface area contributed by atoms with Crippen LogP contribution in [0.1, 0.15) is 24.5 Å². The Labute approximate surface area is 225 Å². The molecule has 1 N–H and O–H groups in total. The summed E-state index contributed by atoms with van der Waals surface area (Å²) in [6, 6.07) is 10.6. The summed E-state index contributed by atoms with van der Waals surface area (Å²) < 4.78 is 10.6. The summed E-state index contributed by atoms with van der Waals surface area (Å²) in [4.78, 5) is 60.3. The minimum atomic E-state index is -0.924. The third-order valence-corrected chi connectivity index (χ3v) is 7.40. The highest BCUT2D eigenvalue weighted by molar-refractivity contribution is 8.03. The number of nitrogens with zero attached hydrogens (tertiary/aromatic N) is 3. The minimum Gasteiger partial charge on any atom is -0.460 e. The number of fused-ring (bicyclic) bond motifs is 1. The van der Waals surface area contributed by atoms with Gasteiger partial charge in [0.25, 0.3) is 11.4 Å². The first-order valence-electron chi connectivity index (χ1n) is 11.7. The van der Waals surface area contributed by atoms with E-state index in [0.717, 1.165) is 11.8 Å². The zero-order valence-corrected chi connectivity index (χ0v) is 21.4. The van der Waals surface area contributed by atoms with Crippen molar-refractivity contribution < 1.29 is 38.8 Å². The van der Waals surface area contributed by atoms with Crippen LogP contribution in [0.25, 0.3) is 0 Å². The number of nitro groups is 2. The zero-order chi connectivity index (χ0) is 28.3. The lowest BCUT2D eigenvalue weighted by Gasteiger charge is -2.44. The molecule has 13 nitrogen and oxygen atoms in total. The van der Waals surface area contributed by atoms with Crippen LogP contribution in [0.5, 0.6) is 0 Å². The Bertz CT molecular complexity index is 1340. The molecule has 204 valence electrons. The van der Waals surface area contributed by atoms with Crippen molar-refractivity contribution in [2.24, 2.45) is 5.92 Å².